The summed E-state index contributed by atoms with van der Waals surface area (Å²) in [6, 6.07) is 2.70. The molecule has 4 heterocycles. The predicted octanol–water partition coefficient (Wildman–Crippen LogP) is 1.74. The van der Waals surface area contributed by atoms with E-state index in [1.165, 1.54) is 6.26 Å². The van der Waals surface area contributed by atoms with E-state index >= 15 is 0 Å². The van der Waals surface area contributed by atoms with Gasteiger partial charge < -0.3 is 4.98 Å². The number of hydrogen-bond donors (Lipinski definition) is 1. The molecule has 0 amide bonds. The van der Waals surface area contributed by atoms with Gasteiger partial charge in [0.25, 0.3) is 0 Å². The molecule has 0 spiro atoms. The molecule has 2 fully saturated rings. The highest BCUT2D eigenvalue weighted by molar-refractivity contribution is 7.88. The average Bonchev–Trinajstić information content (AvgIpc) is 3.32. The summed E-state index contributed by atoms with van der Waals surface area (Å²) in [5.41, 5.74) is 1.86. The highest BCUT2D eigenvalue weighted by Gasteiger charge is 2.36. The molecular weight excluding hydrogens is 364 g/mol. The summed E-state index contributed by atoms with van der Waals surface area (Å²) in [4.78, 5) is 19.2. The number of H-pyrrole nitrogens is 1. The van der Waals surface area contributed by atoms with Crippen LogP contribution in [0.5, 0.6) is 0 Å². The Morgan fingerprint density at radius 2 is 1.93 bits per heavy atom. The maximum Gasteiger partial charge on any atom is 0.211 e. The maximum atomic E-state index is 11.8. The maximum absolute atomic E-state index is 11.8. The van der Waals surface area contributed by atoms with E-state index in [0.29, 0.717) is 19.1 Å². The van der Waals surface area contributed by atoms with Gasteiger partial charge >= 0.3 is 0 Å². The normalized spacial score (nSPS) is 23.1. The van der Waals surface area contributed by atoms with Crippen molar-refractivity contribution in [3.63, 3.8) is 0 Å². The van der Waals surface area contributed by atoms with Gasteiger partial charge in [0.15, 0.2) is 5.82 Å². The quantitative estimate of drug-likeness (QED) is 0.854. The Kier molecular flexibility index (Phi) is 5.00. The molecule has 8 nitrogen and oxygen atoms in total. The van der Waals surface area contributed by atoms with Gasteiger partial charge in [-0.2, -0.15) is 0 Å². The number of aryl methyl sites for hydroxylation is 1. The van der Waals surface area contributed by atoms with Crippen molar-refractivity contribution in [2.45, 2.75) is 44.7 Å². The molecular formula is C18H26N6O2S. The standard InChI is InChI=1S/C18H26N6O2S/c1-13-21-15(12-16(22-13)18-19-7-8-20-18)17-4-3-9-24(17)14-5-10-23(11-6-14)27(2,25)26/h7-8,12,14,17H,3-6,9-11H2,1-2H3,(H,19,20)/t17-/m0/s1. The number of aromatic amines is 1. The molecule has 146 valence electrons. The summed E-state index contributed by atoms with van der Waals surface area (Å²) in [7, 11) is -3.09. The van der Waals surface area contributed by atoms with Crippen molar-refractivity contribution in [2.24, 2.45) is 0 Å². The second-order valence-electron chi connectivity index (χ2n) is 7.45. The second kappa shape index (κ2) is 7.29. The average molecular weight is 391 g/mol. The Morgan fingerprint density at radius 3 is 2.59 bits per heavy atom. The van der Waals surface area contributed by atoms with Gasteiger partial charge in [0.05, 0.1) is 18.0 Å². The number of likely N-dealkylation sites (tertiary alicyclic amines) is 1. The lowest BCUT2D eigenvalue weighted by atomic mass is 10.0. The smallest absolute Gasteiger partial charge is 0.211 e. The monoisotopic (exact) mass is 390 g/mol. The minimum atomic E-state index is -3.09. The molecule has 0 bridgehead atoms. The van der Waals surface area contributed by atoms with E-state index in [4.69, 9.17) is 4.98 Å². The first-order valence-electron chi connectivity index (χ1n) is 9.48. The lowest BCUT2D eigenvalue weighted by Gasteiger charge is -2.38. The molecule has 9 heteroatoms. The Bertz CT molecular complexity index is 891. The van der Waals surface area contributed by atoms with Crippen molar-refractivity contribution in [2.75, 3.05) is 25.9 Å². The summed E-state index contributed by atoms with van der Waals surface area (Å²) < 4.78 is 25.1. The van der Waals surface area contributed by atoms with Crippen LogP contribution in [0, 0.1) is 6.92 Å². The number of piperidine rings is 1. The van der Waals surface area contributed by atoms with Crippen LogP contribution < -0.4 is 0 Å². The Labute approximate surface area is 160 Å². The molecule has 2 aliphatic heterocycles. The van der Waals surface area contributed by atoms with Crippen molar-refractivity contribution < 1.29 is 8.42 Å². The number of sulfonamides is 1. The third kappa shape index (κ3) is 3.90. The van der Waals surface area contributed by atoms with Crippen LogP contribution in [-0.4, -0.2) is 69.5 Å². The summed E-state index contributed by atoms with van der Waals surface area (Å²) >= 11 is 0. The van der Waals surface area contributed by atoms with Crippen molar-refractivity contribution in [1.29, 1.82) is 0 Å². The molecule has 0 aromatic carbocycles. The van der Waals surface area contributed by atoms with E-state index in [9.17, 15) is 8.42 Å². The van der Waals surface area contributed by atoms with Crippen molar-refractivity contribution in [1.82, 2.24) is 29.1 Å². The molecule has 1 N–H and O–H groups in total. The van der Waals surface area contributed by atoms with Crippen molar-refractivity contribution in [3.8, 4) is 11.5 Å². The molecule has 0 saturated carbocycles. The van der Waals surface area contributed by atoms with E-state index in [-0.39, 0.29) is 6.04 Å². The van der Waals surface area contributed by atoms with E-state index in [0.717, 1.165) is 55.3 Å². The molecule has 4 rings (SSSR count). The summed E-state index contributed by atoms with van der Waals surface area (Å²) in [5.74, 6) is 1.51. The van der Waals surface area contributed by atoms with E-state index in [1.807, 2.05) is 13.0 Å². The van der Waals surface area contributed by atoms with Gasteiger partial charge in [0, 0.05) is 31.5 Å². The number of rotatable bonds is 4. The number of imidazole rings is 1. The molecule has 27 heavy (non-hydrogen) atoms. The van der Waals surface area contributed by atoms with Gasteiger partial charge in [0.2, 0.25) is 10.0 Å². The van der Waals surface area contributed by atoms with Gasteiger partial charge in [0.1, 0.15) is 11.5 Å². The number of nitrogens with zero attached hydrogens (tertiary/aromatic N) is 5. The van der Waals surface area contributed by atoms with Gasteiger partial charge in [-0.3, -0.25) is 4.90 Å². The SMILES string of the molecule is Cc1nc(-c2ncc[nH]2)cc([C@@H]2CCCN2C2CCN(S(C)(=O)=O)CC2)n1. The minimum Gasteiger partial charge on any atom is -0.343 e. The van der Waals surface area contributed by atoms with E-state index in [2.05, 4.69) is 19.9 Å². The highest BCUT2D eigenvalue weighted by atomic mass is 32.2. The first-order valence-corrected chi connectivity index (χ1v) is 11.3. The van der Waals surface area contributed by atoms with Crippen molar-refractivity contribution >= 4 is 10.0 Å². The van der Waals surface area contributed by atoms with Crippen LogP contribution in [0.15, 0.2) is 18.5 Å². The third-order valence-corrected chi connectivity index (χ3v) is 6.90. The first-order chi connectivity index (χ1) is 12.9. The van der Waals surface area contributed by atoms with Gasteiger partial charge in [-0.25, -0.2) is 27.7 Å². The lowest BCUT2D eigenvalue weighted by molar-refractivity contribution is 0.125. The van der Waals surface area contributed by atoms with Crippen LogP contribution in [-0.2, 0) is 10.0 Å². The number of nitrogens with one attached hydrogen (secondary N) is 1. The first kappa shape index (κ1) is 18.5. The third-order valence-electron chi connectivity index (χ3n) is 5.60. The fourth-order valence-electron chi connectivity index (χ4n) is 4.34. The number of aromatic nitrogens is 4. The van der Waals surface area contributed by atoms with Gasteiger partial charge in [-0.1, -0.05) is 0 Å². The van der Waals surface area contributed by atoms with Crippen LogP contribution >= 0.6 is 0 Å². The molecule has 2 aliphatic rings. The predicted molar refractivity (Wildman–Crippen MR) is 102 cm³/mol. The zero-order valence-electron chi connectivity index (χ0n) is 15.8. The highest BCUT2D eigenvalue weighted by Crippen LogP contribution is 2.36. The topological polar surface area (TPSA) is 95.1 Å². The van der Waals surface area contributed by atoms with Crippen LogP contribution in [0.1, 0.15) is 43.2 Å². The largest absolute Gasteiger partial charge is 0.343 e. The molecule has 0 aliphatic carbocycles. The molecule has 2 aromatic heterocycles. The Morgan fingerprint density at radius 1 is 1.15 bits per heavy atom. The summed E-state index contributed by atoms with van der Waals surface area (Å²) in [5, 5.41) is 0. The summed E-state index contributed by atoms with van der Waals surface area (Å²) in [6.07, 6.45) is 8.77. The zero-order chi connectivity index (χ0) is 19.0. The van der Waals surface area contributed by atoms with Gasteiger partial charge in [-0.15, -0.1) is 0 Å². The molecule has 1 atom stereocenters. The zero-order valence-corrected chi connectivity index (χ0v) is 16.6. The molecule has 0 radical (unpaired) electrons. The van der Waals surface area contributed by atoms with Crippen LogP contribution in [0.4, 0.5) is 0 Å². The molecule has 2 saturated heterocycles. The number of hydrogen-bond acceptors (Lipinski definition) is 6. The van der Waals surface area contributed by atoms with Crippen molar-refractivity contribution in [3.05, 3.63) is 30.0 Å². The van der Waals surface area contributed by atoms with E-state index < -0.39 is 10.0 Å². The van der Waals surface area contributed by atoms with Gasteiger partial charge in [-0.05, 0) is 45.2 Å². The molecule has 0 unspecified atom stereocenters. The van der Waals surface area contributed by atoms with E-state index in [1.54, 1.807) is 16.7 Å². The Balaban J connectivity index is 1.54. The summed E-state index contributed by atoms with van der Waals surface area (Å²) in [6.45, 7) is 4.16. The minimum absolute atomic E-state index is 0.259. The van der Waals surface area contributed by atoms with Crippen LogP contribution in [0.2, 0.25) is 0 Å². The Hall–Kier alpha value is -1.84. The fraction of sp³-hybridized carbons (Fsp3) is 0.611. The fourth-order valence-corrected chi connectivity index (χ4v) is 5.21. The lowest BCUT2D eigenvalue weighted by Crippen LogP contribution is -2.46. The van der Waals surface area contributed by atoms with Crippen LogP contribution in [0.25, 0.3) is 11.5 Å². The second-order valence-corrected chi connectivity index (χ2v) is 9.43. The van der Waals surface area contributed by atoms with Crippen LogP contribution in [0.3, 0.4) is 0 Å². The molecule has 2 aromatic rings.